The molecule has 1 atom stereocenters. The average molecular weight is 569 g/mol. The summed E-state index contributed by atoms with van der Waals surface area (Å²) in [4.78, 5) is 15.6. The number of nitrogens with one attached hydrogen (secondary N) is 1. The number of pyridine rings is 1. The molecule has 0 bridgehead atoms. The van der Waals surface area contributed by atoms with Gasteiger partial charge in [-0.25, -0.2) is 0 Å². The van der Waals surface area contributed by atoms with Crippen molar-refractivity contribution < 1.29 is 32.4 Å². The predicted molar refractivity (Wildman–Crippen MR) is 152 cm³/mol. The lowest BCUT2D eigenvalue weighted by atomic mass is 10.0. The second-order valence-electron chi connectivity index (χ2n) is 10.2. The van der Waals surface area contributed by atoms with Crippen LogP contribution >= 0.6 is 0 Å². The minimum atomic E-state index is -1.25. The molecule has 2 heterocycles. The molecule has 4 rings (SSSR count). The third kappa shape index (κ3) is 7.53. The monoisotopic (exact) mass is 568 g/mol. The molecule has 40 heavy (non-hydrogen) atoms. The second-order valence-corrected chi connectivity index (χ2v) is 12.3. The zero-order chi connectivity index (χ0) is 28.9. The van der Waals surface area contributed by atoms with Crippen molar-refractivity contribution in [2.75, 3.05) is 13.7 Å². The summed E-state index contributed by atoms with van der Waals surface area (Å²) in [7, 11) is 1.57. The zero-order valence-electron chi connectivity index (χ0n) is 23.2. The summed E-state index contributed by atoms with van der Waals surface area (Å²) >= 11 is -1.25. The Hall–Kier alpha value is -3.60. The van der Waals surface area contributed by atoms with Crippen LogP contribution < -0.4 is 14.2 Å². The molecule has 0 aliphatic carbocycles. The smallest absolute Gasteiger partial charge is 0.302 e. The van der Waals surface area contributed by atoms with Crippen molar-refractivity contribution in [2.24, 2.45) is 0 Å². The first kappa shape index (κ1) is 29.4. The van der Waals surface area contributed by atoms with E-state index in [0.29, 0.717) is 46.7 Å². The Morgan fingerprint density at radius 3 is 2.67 bits per heavy atom. The summed E-state index contributed by atoms with van der Waals surface area (Å²) in [5.41, 5.74) is 4.21. The topological polar surface area (TPSA) is 106 Å². The highest BCUT2D eigenvalue weighted by Gasteiger charge is 2.26. The molecule has 212 valence electrons. The summed E-state index contributed by atoms with van der Waals surface area (Å²) < 4.78 is 51.3. The van der Waals surface area contributed by atoms with E-state index >= 15 is 0 Å². The fourth-order valence-corrected chi connectivity index (χ4v) is 4.76. The standard InChI is InChI=1S/C30H33FN2O6S/c1-19(34)37-11-9-21-6-7-25(36-5)16-27(21)38-18-20-12-23-15-28(31)39-29(23)26(13-20)22-8-10-32-24(14-22)17-33-40(35)30(2,3)4/h6-8,10,12-16,33H,9,11,17-18H2,1-5H3/t40-/m0/s1. The highest BCUT2D eigenvalue weighted by Crippen LogP contribution is 2.33. The van der Waals surface area contributed by atoms with Gasteiger partial charge in [0.05, 0.1) is 26.0 Å². The van der Waals surface area contributed by atoms with Crippen molar-refractivity contribution in [1.29, 1.82) is 0 Å². The molecular formula is C30H33FN2O6S. The summed E-state index contributed by atoms with van der Waals surface area (Å²) in [5, 5.41) is 0.597. The predicted octanol–water partition coefficient (Wildman–Crippen LogP) is 5.88. The highest BCUT2D eigenvalue weighted by molar-refractivity contribution is 7.90. The number of ether oxygens (including phenoxy) is 3. The van der Waals surface area contributed by atoms with Gasteiger partial charge in [-0.15, -0.1) is 4.72 Å². The van der Waals surface area contributed by atoms with E-state index in [-0.39, 0.29) is 19.2 Å². The summed E-state index contributed by atoms with van der Waals surface area (Å²) in [5.74, 6) is 0.877. The van der Waals surface area contributed by atoms with E-state index in [4.69, 9.17) is 18.6 Å². The number of benzene rings is 2. The lowest BCUT2D eigenvalue weighted by Crippen LogP contribution is -2.39. The molecular weight excluding hydrogens is 535 g/mol. The molecule has 4 aromatic rings. The molecule has 0 fully saturated rings. The van der Waals surface area contributed by atoms with E-state index in [1.807, 2.05) is 57.2 Å². The van der Waals surface area contributed by atoms with Crippen LogP contribution in [-0.2, 0) is 40.5 Å². The van der Waals surface area contributed by atoms with Crippen LogP contribution in [0.4, 0.5) is 4.39 Å². The normalized spacial score (nSPS) is 12.4. The number of furan rings is 1. The fourth-order valence-electron chi connectivity index (χ4n) is 4.05. The highest BCUT2D eigenvalue weighted by atomic mass is 32.2. The van der Waals surface area contributed by atoms with E-state index in [9.17, 15) is 13.7 Å². The average Bonchev–Trinajstić information content (AvgIpc) is 3.29. The summed E-state index contributed by atoms with van der Waals surface area (Å²) in [6.45, 7) is 7.77. The summed E-state index contributed by atoms with van der Waals surface area (Å²) in [6, 6.07) is 13.5. The van der Waals surface area contributed by atoms with Gasteiger partial charge in [-0.2, -0.15) is 4.39 Å². The van der Waals surface area contributed by atoms with Gasteiger partial charge in [0, 0.05) is 54.0 Å². The lowest BCUT2D eigenvalue weighted by Gasteiger charge is -2.23. The molecule has 8 nitrogen and oxygen atoms in total. The van der Waals surface area contributed by atoms with Gasteiger partial charge in [0.2, 0.25) is 0 Å². The first-order valence-corrected chi connectivity index (χ1v) is 13.9. The molecule has 0 spiro atoms. The van der Waals surface area contributed by atoms with Gasteiger partial charge < -0.3 is 23.2 Å². The van der Waals surface area contributed by atoms with Crippen LogP contribution in [0.5, 0.6) is 11.5 Å². The first-order chi connectivity index (χ1) is 19.0. The molecule has 0 saturated carbocycles. The molecule has 2 aromatic carbocycles. The van der Waals surface area contributed by atoms with Crippen molar-refractivity contribution in [3.63, 3.8) is 0 Å². The van der Waals surface area contributed by atoms with Gasteiger partial charge in [-0.1, -0.05) is 6.07 Å². The first-order valence-electron chi connectivity index (χ1n) is 12.8. The van der Waals surface area contributed by atoms with Crippen LogP contribution in [0.25, 0.3) is 22.1 Å². The number of hydrogen-bond donors (Lipinski definition) is 1. The van der Waals surface area contributed by atoms with Gasteiger partial charge in [-0.3, -0.25) is 9.78 Å². The Morgan fingerprint density at radius 1 is 1.15 bits per heavy atom. The number of carbonyl (C=O) groups excluding carboxylic acids is 1. The van der Waals surface area contributed by atoms with Crippen molar-refractivity contribution in [1.82, 2.24) is 9.71 Å². The largest absolute Gasteiger partial charge is 0.598 e. The zero-order valence-corrected chi connectivity index (χ0v) is 24.0. The van der Waals surface area contributed by atoms with Gasteiger partial charge >= 0.3 is 5.97 Å². The van der Waals surface area contributed by atoms with E-state index in [0.717, 1.165) is 16.7 Å². The van der Waals surface area contributed by atoms with Gasteiger partial charge in [0.1, 0.15) is 28.4 Å². The number of esters is 1. The number of halogens is 1. The number of carbonyl (C=O) groups is 1. The van der Waals surface area contributed by atoms with E-state index in [1.165, 1.54) is 13.0 Å². The second kappa shape index (κ2) is 12.7. The minimum absolute atomic E-state index is 0.188. The Kier molecular flexibility index (Phi) is 9.34. The van der Waals surface area contributed by atoms with Crippen molar-refractivity contribution >= 4 is 28.3 Å². The quantitative estimate of drug-likeness (QED) is 0.177. The van der Waals surface area contributed by atoms with Gasteiger partial charge in [0.15, 0.2) is 0 Å². The molecule has 2 aromatic heterocycles. The number of rotatable bonds is 11. The molecule has 0 amide bonds. The number of aromatic nitrogens is 1. The molecule has 0 unspecified atom stereocenters. The van der Waals surface area contributed by atoms with Gasteiger partial charge in [0.25, 0.3) is 6.01 Å². The number of hydrogen-bond acceptors (Lipinski definition) is 8. The van der Waals surface area contributed by atoms with Crippen molar-refractivity contribution in [3.8, 4) is 22.6 Å². The SMILES string of the molecule is COc1ccc(CCOC(C)=O)c(OCc2cc(-c3ccnc(CN[S@@+]([O-])C(C)(C)C)c3)c3oc(F)cc3c2)c1. The van der Waals surface area contributed by atoms with Crippen LogP contribution in [0, 0.1) is 6.01 Å². The number of fused-ring (bicyclic) bond motifs is 1. The molecule has 0 radical (unpaired) electrons. The van der Waals surface area contributed by atoms with Crippen LogP contribution in [0.2, 0.25) is 0 Å². The molecule has 0 aliphatic rings. The maximum atomic E-state index is 14.2. The Balaban J connectivity index is 1.60. The summed E-state index contributed by atoms with van der Waals surface area (Å²) in [6.07, 6.45) is 2.14. The lowest BCUT2D eigenvalue weighted by molar-refractivity contribution is -0.140. The Bertz CT molecular complexity index is 1480. The van der Waals surface area contributed by atoms with Crippen LogP contribution in [0.1, 0.15) is 44.5 Å². The fraction of sp³-hybridized carbons (Fsp3) is 0.333. The molecule has 0 aliphatic heterocycles. The van der Waals surface area contributed by atoms with E-state index in [2.05, 4.69) is 9.71 Å². The van der Waals surface area contributed by atoms with Crippen LogP contribution in [0.15, 0.2) is 59.1 Å². The Labute approximate surface area is 236 Å². The molecule has 1 N–H and O–H groups in total. The Morgan fingerprint density at radius 2 is 1.95 bits per heavy atom. The number of nitrogens with zero attached hydrogens (tertiary/aromatic N) is 1. The maximum Gasteiger partial charge on any atom is 0.302 e. The van der Waals surface area contributed by atoms with E-state index in [1.54, 1.807) is 19.4 Å². The molecule has 0 saturated heterocycles. The maximum absolute atomic E-state index is 14.2. The third-order valence-electron chi connectivity index (χ3n) is 6.06. The minimum Gasteiger partial charge on any atom is -0.598 e. The van der Waals surface area contributed by atoms with Crippen molar-refractivity contribution in [2.45, 2.75) is 52.0 Å². The van der Waals surface area contributed by atoms with Crippen LogP contribution in [-0.4, -0.2) is 34.0 Å². The van der Waals surface area contributed by atoms with Crippen LogP contribution in [0.3, 0.4) is 0 Å². The van der Waals surface area contributed by atoms with Crippen molar-refractivity contribution in [3.05, 3.63) is 77.6 Å². The molecule has 10 heteroatoms. The van der Waals surface area contributed by atoms with Gasteiger partial charge in [-0.05, 0) is 67.8 Å². The number of methoxy groups -OCH3 is 1. The third-order valence-corrected chi connectivity index (χ3v) is 7.58. The van der Waals surface area contributed by atoms with E-state index < -0.39 is 22.1 Å².